The molecule has 0 aliphatic carbocycles. The van der Waals surface area contributed by atoms with E-state index < -0.39 is 53.4 Å². The molecular formula is C18H21F3N2O6. The standard InChI is InChI=1S/C18H21F3N2O6/c1-9(13(16(26)28-2)17(27)29-3)14(15(22)25)23-12(24)8-10-4-6-11(7-5-10)18(19,20)21/h4-7,9,13-14H,8H2,1-3H3,(H2,22,25)(H,23,24)/t9-,14+/m1/s1. The number of primary amides is 1. The van der Waals surface area contributed by atoms with Gasteiger partial charge in [-0.15, -0.1) is 0 Å². The quantitative estimate of drug-likeness (QED) is 0.476. The second-order valence-electron chi connectivity index (χ2n) is 6.20. The number of alkyl halides is 3. The first-order valence-corrected chi connectivity index (χ1v) is 8.32. The number of rotatable bonds is 8. The number of nitrogens with one attached hydrogen (secondary N) is 1. The van der Waals surface area contributed by atoms with Gasteiger partial charge in [0.2, 0.25) is 11.8 Å². The molecule has 0 radical (unpaired) electrons. The van der Waals surface area contributed by atoms with Crippen LogP contribution in [0.2, 0.25) is 0 Å². The number of carbonyl (C=O) groups is 4. The Hall–Kier alpha value is -3.11. The number of amides is 2. The van der Waals surface area contributed by atoms with Crippen LogP contribution < -0.4 is 11.1 Å². The van der Waals surface area contributed by atoms with Crippen molar-refractivity contribution >= 4 is 23.8 Å². The zero-order valence-corrected chi connectivity index (χ0v) is 15.9. The van der Waals surface area contributed by atoms with Crippen molar-refractivity contribution in [3.05, 3.63) is 35.4 Å². The molecule has 0 saturated carbocycles. The zero-order chi connectivity index (χ0) is 22.4. The average Bonchev–Trinajstić information content (AvgIpc) is 2.65. The van der Waals surface area contributed by atoms with Crippen molar-refractivity contribution in [1.29, 1.82) is 0 Å². The third-order valence-electron chi connectivity index (χ3n) is 4.23. The average molecular weight is 418 g/mol. The maximum absolute atomic E-state index is 12.6. The van der Waals surface area contributed by atoms with Gasteiger partial charge in [0.15, 0.2) is 5.92 Å². The summed E-state index contributed by atoms with van der Waals surface area (Å²) in [7, 11) is 2.07. The highest BCUT2D eigenvalue weighted by Crippen LogP contribution is 2.29. The number of nitrogens with two attached hydrogens (primary N) is 1. The smallest absolute Gasteiger partial charge is 0.416 e. The fourth-order valence-corrected chi connectivity index (χ4v) is 2.66. The van der Waals surface area contributed by atoms with Crippen LogP contribution in [-0.2, 0) is 41.2 Å². The maximum Gasteiger partial charge on any atom is 0.416 e. The number of esters is 2. The Morgan fingerprint density at radius 2 is 1.52 bits per heavy atom. The Labute approximate surface area is 164 Å². The molecule has 0 bridgehead atoms. The fourth-order valence-electron chi connectivity index (χ4n) is 2.66. The molecule has 3 N–H and O–H groups in total. The van der Waals surface area contributed by atoms with Crippen molar-refractivity contribution in [2.24, 2.45) is 17.6 Å². The molecule has 1 rings (SSSR count). The van der Waals surface area contributed by atoms with Gasteiger partial charge in [-0.25, -0.2) is 0 Å². The second-order valence-corrected chi connectivity index (χ2v) is 6.20. The molecule has 8 nitrogen and oxygen atoms in total. The van der Waals surface area contributed by atoms with Crippen LogP contribution in [-0.4, -0.2) is 44.0 Å². The fraction of sp³-hybridized carbons (Fsp3) is 0.444. The van der Waals surface area contributed by atoms with E-state index in [1.54, 1.807) is 0 Å². The van der Waals surface area contributed by atoms with Crippen molar-refractivity contribution in [3.63, 3.8) is 0 Å². The summed E-state index contributed by atoms with van der Waals surface area (Å²) in [4.78, 5) is 47.8. The van der Waals surface area contributed by atoms with E-state index in [9.17, 15) is 32.3 Å². The molecule has 0 fully saturated rings. The van der Waals surface area contributed by atoms with E-state index in [2.05, 4.69) is 14.8 Å². The first-order chi connectivity index (χ1) is 13.4. The minimum atomic E-state index is -4.51. The highest BCUT2D eigenvalue weighted by atomic mass is 19.4. The Kier molecular flexibility index (Phi) is 8.16. The number of halogens is 3. The summed E-state index contributed by atoms with van der Waals surface area (Å²) >= 11 is 0. The lowest BCUT2D eigenvalue weighted by atomic mass is 9.86. The highest BCUT2D eigenvalue weighted by molar-refractivity contribution is 5.97. The molecule has 0 unspecified atom stereocenters. The number of carbonyl (C=O) groups excluding carboxylic acids is 4. The van der Waals surface area contributed by atoms with E-state index in [4.69, 9.17) is 5.73 Å². The molecule has 160 valence electrons. The lowest BCUT2D eigenvalue weighted by molar-refractivity contribution is -0.162. The molecule has 2 atom stereocenters. The van der Waals surface area contributed by atoms with Gasteiger partial charge < -0.3 is 20.5 Å². The van der Waals surface area contributed by atoms with Crippen molar-refractivity contribution < 1.29 is 41.8 Å². The van der Waals surface area contributed by atoms with Gasteiger partial charge in [0.25, 0.3) is 0 Å². The van der Waals surface area contributed by atoms with E-state index in [1.165, 1.54) is 6.92 Å². The van der Waals surface area contributed by atoms with Gasteiger partial charge in [0.05, 0.1) is 26.2 Å². The van der Waals surface area contributed by atoms with Crippen LogP contribution in [0.3, 0.4) is 0 Å². The first-order valence-electron chi connectivity index (χ1n) is 8.32. The van der Waals surface area contributed by atoms with Crippen molar-refractivity contribution in [2.45, 2.75) is 25.6 Å². The molecule has 1 aromatic carbocycles. The van der Waals surface area contributed by atoms with Gasteiger partial charge >= 0.3 is 18.1 Å². The predicted octanol–water partition coefficient (Wildman–Crippen LogP) is 0.816. The SMILES string of the molecule is COC(=O)C(C(=O)OC)[C@@H](C)[C@H](NC(=O)Cc1ccc(C(F)(F)F)cc1)C(N)=O. The lowest BCUT2D eigenvalue weighted by Crippen LogP contribution is -2.53. The molecular weight excluding hydrogens is 397 g/mol. The van der Waals surface area contributed by atoms with Crippen LogP contribution in [0.1, 0.15) is 18.1 Å². The molecule has 2 amide bonds. The van der Waals surface area contributed by atoms with E-state index in [0.717, 1.165) is 38.5 Å². The van der Waals surface area contributed by atoms with Crippen molar-refractivity contribution in [2.75, 3.05) is 14.2 Å². The molecule has 11 heteroatoms. The van der Waals surface area contributed by atoms with Gasteiger partial charge in [0, 0.05) is 5.92 Å². The van der Waals surface area contributed by atoms with Gasteiger partial charge in [-0.05, 0) is 17.7 Å². The van der Waals surface area contributed by atoms with Crippen LogP contribution in [0.5, 0.6) is 0 Å². The van der Waals surface area contributed by atoms with E-state index in [-0.39, 0.29) is 12.0 Å². The van der Waals surface area contributed by atoms with Crippen molar-refractivity contribution in [3.8, 4) is 0 Å². The van der Waals surface area contributed by atoms with E-state index in [0.29, 0.717) is 0 Å². The van der Waals surface area contributed by atoms with Gasteiger partial charge in [-0.2, -0.15) is 13.2 Å². The van der Waals surface area contributed by atoms with E-state index in [1.807, 2.05) is 0 Å². The summed E-state index contributed by atoms with van der Waals surface area (Å²) in [5.41, 5.74) is 4.67. The number of benzene rings is 1. The van der Waals surface area contributed by atoms with Crippen molar-refractivity contribution in [1.82, 2.24) is 5.32 Å². The summed E-state index contributed by atoms with van der Waals surface area (Å²) in [5.74, 6) is -6.34. The molecule has 0 aromatic heterocycles. The summed E-state index contributed by atoms with van der Waals surface area (Å²) < 4.78 is 46.8. The first kappa shape index (κ1) is 23.9. The van der Waals surface area contributed by atoms with Gasteiger partial charge in [0.1, 0.15) is 6.04 Å². The zero-order valence-electron chi connectivity index (χ0n) is 15.9. The monoisotopic (exact) mass is 418 g/mol. The molecule has 0 aliphatic heterocycles. The van der Waals surface area contributed by atoms with Crippen LogP contribution in [0, 0.1) is 11.8 Å². The summed E-state index contributed by atoms with van der Waals surface area (Å²) in [5, 5.41) is 2.30. The number of hydrogen-bond donors (Lipinski definition) is 2. The third-order valence-corrected chi connectivity index (χ3v) is 4.23. The summed E-state index contributed by atoms with van der Waals surface area (Å²) in [6.07, 6.45) is -4.86. The molecule has 0 saturated heterocycles. The Bertz CT molecular complexity index is 748. The van der Waals surface area contributed by atoms with Gasteiger partial charge in [-0.1, -0.05) is 19.1 Å². The minimum absolute atomic E-state index is 0.254. The van der Waals surface area contributed by atoms with Crippen LogP contribution >= 0.6 is 0 Å². The Morgan fingerprint density at radius 3 is 1.90 bits per heavy atom. The molecule has 0 aliphatic rings. The number of hydrogen-bond acceptors (Lipinski definition) is 6. The second kappa shape index (κ2) is 9.89. The van der Waals surface area contributed by atoms with Crippen LogP contribution in [0.4, 0.5) is 13.2 Å². The van der Waals surface area contributed by atoms with E-state index >= 15 is 0 Å². The largest absolute Gasteiger partial charge is 0.468 e. The molecule has 0 spiro atoms. The Balaban J connectivity index is 2.94. The number of methoxy groups -OCH3 is 2. The van der Waals surface area contributed by atoms with Crippen LogP contribution in [0.15, 0.2) is 24.3 Å². The van der Waals surface area contributed by atoms with Crippen LogP contribution in [0.25, 0.3) is 0 Å². The minimum Gasteiger partial charge on any atom is -0.468 e. The third kappa shape index (κ3) is 6.47. The topological polar surface area (TPSA) is 125 Å². The maximum atomic E-state index is 12.6. The molecule has 0 heterocycles. The normalized spacial score (nSPS) is 13.3. The summed E-state index contributed by atoms with van der Waals surface area (Å²) in [6, 6.07) is 2.45. The Morgan fingerprint density at radius 1 is 1.03 bits per heavy atom. The number of ether oxygens (including phenoxy) is 2. The molecule has 1 aromatic rings. The highest BCUT2D eigenvalue weighted by Gasteiger charge is 2.41. The van der Waals surface area contributed by atoms with Gasteiger partial charge in [-0.3, -0.25) is 19.2 Å². The lowest BCUT2D eigenvalue weighted by Gasteiger charge is -2.26. The summed E-state index contributed by atoms with van der Waals surface area (Å²) in [6.45, 7) is 1.33. The molecule has 29 heavy (non-hydrogen) atoms. The predicted molar refractivity (Wildman–Crippen MR) is 93.0 cm³/mol.